The van der Waals surface area contributed by atoms with Gasteiger partial charge in [-0.2, -0.15) is 0 Å². The fourth-order valence-electron chi connectivity index (χ4n) is 10.4. The quantitative estimate of drug-likeness (QED) is 0.177. The SMILES string of the molecule is c1ccc(-n2c3ccccc3c3cc(-c4ccc5c(c4)c4ccccc4n5-c4ccc5c(c4)C4(c6ccccc6Oc6ccccc64)c4ccccc4-5)ccc32)cc1. The van der Waals surface area contributed by atoms with Crippen LogP contribution in [0.5, 0.6) is 11.5 Å². The molecule has 0 saturated carbocycles. The summed E-state index contributed by atoms with van der Waals surface area (Å²) in [6, 6.07) is 75.4. The summed E-state index contributed by atoms with van der Waals surface area (Å²) in [5.74, 6) is 1.81. The molecule has 9 aromatic carbocycles. The summed E-state index contributed by atoms with van der Waals surface area (Å²) in [5.41, 5.74) is 16.4. The van der Waals surface area contributed by atoms with Crippen LogP contribution in [0.2, 0.25) is 0 Å². The zero-order chi connectivity index (χ0) is 38.0. The fourth-order valence-corrected chi connectivity index (χ4v) is 10.4. The van der Waals surface area contributed by atoms with E-state index >= 15 is 0 Å². The first-order valence-corrected chi connectivity index (χ1v) is 20.0. The molecule has 0 atom stereocenters. The molecule has 3 heterocycles. The highest BCUT2D eigenvalue weighted by Gasteiger charge is 2.51. The third kappa shape index (κ3) is 4.12. The van der Waals surface area contributed by atoms with Crippen LogP contribution < -0.4 is 4.74 Å². The van der Waals surface area contributed by atoms with Crippen LogP contribution in [-0.2, 0) is 5.41 Å². The normalized spacial score (nSPS) is 13.4. The maximum absolute atomic E-state index is 6.62. The molecule has 0 bridgehead atoms. The van der Waals surface area contributed by atoms with Gasteiger partial charge in [0.15, 0.2) is 0 Å². The van der Waals surface area contributed by atoms with Crippen molar-refractivity contribution in [3.05, 3.63) is 229 Å². The summed E-state index contributed by atoms with van der Waals surface area (Å²) in [6.45, 7) is 0. The lowest BCUT2D eigenvalue weighted by atomic mass is 9.66. The van der Waals surface area contributed by atoms with E-state index in [1.807, 2.05) is 0 Å². The van der Waals surface area contributed by atoms with Crippen molar-refractivity contribution in [1.82, 2.24) is 9.13 Å². The van der Waals surface area contributed by atoms with E-state index in [4.69, 9.17) is 4.74 Å². The molecule has 0 radical (unpaired) electrons. The van der Waals surface area contributed by atoms with Crippen LogP contribution in [0, 0.1) is 0 Å². The van der Waals surface area contributed by atoms with Crippen molar-refractivity contribution in [1.29, 1.82) is 0 Å². The van der Waals surface area contributed by atoms with Gasteiger partial charge in [-0.1, -0.05) is 133 Å². The predicted octanol–water partition coefficient (Wildman–Crippen LogP) is 14.0. The highest BCUT2D eigenvalue weighted by atomic mass is 16.5. The van der Waals surface area contributed by atoms with Crippen molar-refractivity contribution in [2.24, 2.45) is 0 Å². The van der Waals surface area contributed by atoms with Gasteiger partial charge in [0.2, 0.25) is 0 Å². The average Bonchev–Trinajstić information content (AvgIpc) is 3.90. The summed E-state index contributed by atoms with van der Waals surface area (Å²) >= 11 is 0. The van der Waals surface area contributed by atoms with Crippen LogP contribution in [0.15, 0.2) is 206 Å². The number of para-hydroxylation sites is 5. The Hall–Kier alpha value is -7.62. The Bertz CT molecular complexity index is 3450. The summed E-state index contributed by atoms with van der Waals surface area (Å²) in [5, 5.41) is 4.98. The van der Waals surface area contributed by atoms with Crippen LogP contribution >= 0.6 is 0 Å². The van der Waals surface area contributed by atoms with E-state index in [9.17, 15) is 0 Å². The van der Waals surface area contributed by atoms with E-state index < -0.39 is 5.41 Å². The maximum atomic E-state index is 6.62. The predicted molar refractivity (Wildman–Crippen MR) is 238 cm³/mol. The standard InChI is InChI=1S/C55H34N2O/c1-2-14-37(15-3-1)56-49-22-10-5-17-41(49)43-32-35(26-30-51(43)56)36-27-31-52-44(33-36)42-18-6-11-23-50(42)57(52)38-28-29-40-39-16-4-7-19-45(39)55(48(40)34-38)46-20-8-12-24-53(46)58-54-25-13-9-21-47(54)55/h1-34H. The van der Waals surface area contributed by atoms with Gasteiger partial charge in [0, 0.05) is 44.0 Å². The molecule has 2 aromatic heterocycles. The van der Waals surface area contributed by atoms with Gasteiger partial charge in [0.25, 0.3) is 0 Å². The lowest BCUT2D eigenvalue weighted by Crippen LogP contribution is -2.32. The molecule has 58 heavy (non-hydrogen) atoms. The first-order chi connectivity index (χ1) is 28.8. The first-order valence-electron chi connectivity index (χ1n) is 20.0. The second-order valence-corrected chi connectivity index (χ2v) is 15.6. The molecule has 270 valence electrons. The molecule has 3 nitrogen and oxygen atoms in total. The topological polar surface area (TPSA) is 19.1 Å². The molecular weight excluding hydrogens is 705 g/mol. The number of ether oxygens (including phenoxy) is 1. The van der Waals surface area contributed by atoms with Crippen molar-refractivity contribution in [2.45, 2.75) is 5.41 Å². The monoisotopic (exact) mass is 738 g/mol. The minimum atomic E-state index is -0.526. The Kier molecular flexibility index (Phi) is 6.37. The van der Waals surface area contributed by atoms with Gasteiger partial charge in [0.1, 0.15) is 11.5 Å². The van der Waals surface area contributed by atoms with Crippen molar-refractivity contribution < 1.29 is 4.74 Å². The second-order valence-electron chi connectivity index (χ2n) is 15.6. The van der Waals surface area contributed by atoms with E-state index in [-0.39, 0.29) is 0 Å². The minimum Gasteiger partial charge on any atom is -0.457 e. The van der Waals surface area contributed by atoms with Crippen molar-refractivity contribution in [2.75, 3.05) is 0 Å². The molecule has 0 amide bonds. The molecule has 13 rings (SSSR count). The zero-order valence-electron chi connectivity index (χ0n) is 31.4. The molecule has 1 aliphatic carbocycles. The number of hydrogen-bond donors (Lipinski definition) is 0. The van der Waals surface area contributed by atoms with Gasteiger partial charge in [-0.05, 0) is 106 Å². The average molecular weight is 739 g/mol. The smallest absolute Gasteiger partial charge is 0.132 e. The third-order valence-corrected chi connectivity index (χ3v) is 12.8. The number of aromatic nitrogens is 2. The lowest BCUT2D eigenvalue weighted by molar-refractivity contribution is 0.436. The molecular formula is C55H34N2O. The summed E-state index contributed by atoms with van der Waals surface area (Å²) < 4.78 is 11.5. The van der Waals surface area contributed by atoms with Crippen molar-refractivity contribution >= 4 is 43.6 Å². The molecule has 3 heteroatoms. The highest BCUT2D eigenvalue weighted by molar-refractivity contribution is 6.13. The van der Waals surface area contributed by atoms with Gasteiger partial charge in [-0.25, -0.2) is 0 Å². The van der Waals surface area contributed by atoms with Crippen LogP contribution in [0.25, 0.3) is 77.2 Å². The lowest BCUT2D eigenvalue weighted by Gasteiger charge is -2.39. The Morgan fingerprint density at radius 2 is 0.793 bits per heavy atom. The minimum absolute atomic E-state index is 0.526. The molecule has 1 spiro atoms. The number of fused-ring (bicyclic) bond motifs is 15. The van der Waals surface area contributed by atoms with Gasteiger partial charge in [-0.3, -0.25) is 0 Å². The van der Waals surface area contributed by atoms with Crippen LogP contribution in [0.3, 0.4) is 0 Å². The van der Waals surface area contributed by atoms with Crippen LogP contribution in [0.1, 0.15) is 22.3 Å². The maximum Gasteiger partial charge on any atom is 0.132 e. The molecule has 0 saturated heterocycles. The van der Waals surface area contributed by atoms with Gasteiger partial charge in [0.05, 0.1) is 27.5 Å². The first kappa shape index (κ1) is 31.6. The fraction of sp³-hybridized carbons (Fsp3) is 0.0182. The molecule has 2 aliphatic rings. The van der Waals surface area contributed by atoms with Crippen LogP contribution in [0.4, 0.5) is 0 Å². The van der Waals surface area contributed by atoms with Crippen molar-refractivity contribution in [3.63, 3.8) is 0 Å². The van der Waals surface area contributed by atoms with E-state index in [1.165, 1.54) is 93.8 Å². The second kappa shape index (κ2) is 11.7. The zero-order valence-corrected chi connectivity index (χ0v) is 31.4. The van der Waals surface area contributed by atoms with Gasteiger partial charge in [-0.15, -0.1) is 0 Å². The van der Waals surface area contributed by atoms with E-state index in [1.54, 1.807) is 0 Å². The molecule has 11 aromatic rings. The molecule has 0 N–H and O–H groups in total. The largest absolute Gasteiger partial charge is 0.457 e. The van der Waals surface area contributed by atoms with Crippen molar-refractivity contribution in [3.8, 4) is 45.1 Å². The Morgan fingerprint density at radius 1 is 0.310 bits per heavy atom. The van der Waals surface area contributed by atoms with Gasteiger partial charge < -0.3 is 13.9 Å². The van der Waals surface area contributed by atoms with E-state index in [0.29, 0.717) is 0 Å². The Labute approximate surface area is 335 Å². The number of nitrogens with zero attached hydrogens (tertiary/aromatic N) is 2. The Morgan fingerprint density at radius 3 is 1.43 bits per heavy atom. The summed E-state index contributed by atoms with van der Waals surface area (Å²) in [6.07, 6.45) is 0. The van der Waals surface area contributed by atoms with Crippen LogP contribution in [-0.4, -0.2) is 9.13 Å². The molecule has 0 fully saturated rings. The summed E-state index contributed by atoms with van der Waals surface area (Å²) in [4.78, 5) is 0. The highest BCUT2D eigenvalue weighted by Crippen LogP contribution is 2.62. The number of hydrogen-bond acceptors (Lipinski definition) is 1. The third-order valence-electron chi connectivity index (χ3n) is 12.8. The molecule has 0 unspecified atom stereocenters. The van der Waals surface area contributed by atoms with E-state index in [2.05, 4.69) is 215 Å². The number of benzene rings is 9. The number of rotatable bonds is 3. The van der Waals surface area contributed by atoms with Gasteiger partial charge >= 0.3 is 0 Å². The molecule has 1 aliphatic heterocycles. The Balaban J connectivity index is 1.02. The summed E-state index contributed by atoms with van der Waals surface area (Å²) in [7, 11) is 0. The van der Waals surface area contributed by atoms with E-state index in [0.717, 1.165) is 17.2 Å².